The Bertz CT molecular complexity index is 406. The molecule has 5 nitrogen and oxygen atoms in total. The monoisotopic (exact) mass is 264 g/mol. The molecule has 0 aliphatic carbocycles. The summed E-state index contributed by atoms with van der Waals surface area (Å²) in [6, 6.07) is 9.32. The molecule has 0 atom stereocenters. The lowest BCUT2D eigenvalue weighted by molar-refractivity contribution is -0.137. The fraction of sp³-hybridized carbons (Fsp3) is 0.429. The van der Waals surface area contributed by atoms with E-state index in [1.807, 2.05) is 42.3 Å². The Kier molecular flexibility index (Phi) is 6.60. The second-order valence-electron chi connectivity index (χ2n) is 4.46. The molecular formula is C14H20N2O3. The number of hydrogen-bond donors (Lipinski definition) is 2. The van der Waals surface area contributed by atoms with Crippen molar-refractivity contribution in [2.45, 2.75) is 19.3 Å². The minimum Gasteiger partial charge on any atom is -0.481 e. The summed E-state index contributed by atoms with van der Waals surface area (Å²) < 4.78 is 0. The number of carboxylic acid groups (broad SMARTS) is 1. The summed E-state index contributed by atoms with van der Waals surface area (Å²) in [5.41, 5.74) is 0.793. The molecule has 19 heavy (non-hydrogen) atoms. The molecule has 0 bridgehead atoms. The van der Waals surface area contributed by atoms with E-state index in [0.717, 1.165) is 5.69 Å². The molecule has 0 unspecified atom stereocenters. The molecule has 5 heteroatoms. The zero-order chi connectivity index (χ0) is 14.1. The molecule has 1 aromatic rings. The number of para-hydroxylation sites is 1. The van der Waals surface area contributed by atoms with E-state index in [0.29, 0.717) is 25.9 Å². The molecule has 0 aliphatic heterocycles. The van der Waals surface area contributed by atoms with E-state index in [4.69, 9.17) is 5.11 Å². The third-order valence-electron chi connectivity index (χ3n) is 2.71. The van der Waals surface area contributed by atoms with Crippen LogP contribution in [0.5, 0.6) is 0 Å². The average molecular weight is 264 g/mol. The molecule has 0 aromatic heterocycles. The Morgan fingerprint density at radius 3 is 2.47 bits per heavy atom. The van der Waals surface area contributed by atoms with Crippen LogP contribution in [0.2, 0.25) is 0 Å². The van der Waals surface area contributed by atoms with Crippen LogP contribution < -0.4 is 5.32 Å². The Balaban J connectivity index is 2.17. The van der Waals surface area contributed by atoms with Gasteiger partial charge in [-0.15, -0.1) is 0 Å². The molecule has 0 spiro atoms. The first kappa shape index (κ1) is 15.2. The van der Waals surface area contributed by atoms with Crippen LogP contribution in [0.1, 0.15) is 19.3 Å². The zero-order valence-corrected chi connectivity index (χ0v) is 11.1. The summed E-state index contributed by atoms with van der Waals surface area (Å²) in [6.45, 7) is 1.31. The number of benzene rings is 1. The van der Waals surface area contributed by atoms with Crippen molar-refractivity contribution in [2.24, 2.45) is 0 Å². The van der Waals surface area contributed by atoms with Crippen LogP contribution in [0.15, 0.2) is 30.3 Å². The summed E-state index contributed by atoms with van der Waals surface area (Å²) in [5, 5.41) is 11.3. The number of rotatable bonds is 8. The fourth-order valence-electron chi connectivity index (χ4n) is 1.65. The molecule has 104 valence electrons. The summed E-state index contributed by atoms with van der Waals surface area (Å²) in [5.74, 6) is -0.813. The van der Waals surface area contributed by atoms with Gasteiger partial charge in [-0.05, 0) is 32.1 Å². The van der Waals surface area contributed by atoms with E-state index < -0.39 is 5.97 Å². The lowest BCUT2D eigenvalue weighted by atomic mass is 10.2. The van der Waals surface area contributed by atoms with E-state index >= 15 is 0 Å². The molecular weight excluding hydrogens is 244 g/mol. The van der Waals surface area contributed by atoms with Crippen LogP contribution in [0, 0.1) is 0 Å². The number of nitrogens with one attached hydrogen (secondary N) is 1. The lowest BCUT2D eigenvalue weighted by Gasteiger charge is -2.15. The Hall–Kier alpha value is -1.88. The normalized spacial score (nSPS) is 10.4. The quantitative estimate of drug-likeness (QED) is 0.751. The predicted molar refractivity (Wildman–Crippen MR) is 74.1 cm³/mol. The molecule has 1 rings (SSSR count). The molecule has 1 amide bonds. The number of anilines is 1. The highest BCUT2D eigenvalue weighted by molar-refractivity contribution is 5.90. The van der Waals surface area contributed by atoms with E-state index in [1.165, 1.54) is 0 Å². The van der Waals surface area contributed by atoms with Gasteiger partial charge in [-0.3, -0.25) is 9.59 Å². The van der Waals surface area contributed by atoms with Crippen LogP contribution in [0.25, 0.3) is 0 Å². The van der Waals surface area contributed by atoms with Gasteiger partial charge in [0.1, 0.15) is 0 Å². The van der Waals surface area contributed by atoms with Gasteiger partial charge in [-0.2, -0.15) is 0 Å². The van der Waals surface area contributed by atoms with Gasteiger partial charge in [0.15, 0.2) is 0 Å². The number of hydrogen-bond acceptors (Lipinski definition) is 3. The molecule has 0 aliphatic rings. The number of nitrogens with zero attached hydrogens (tertiary/aromatic N) is 1. The highest BCUT2D eigenvalue weighted by atomic mass is 16.4. The summed E-state index contributed by atoms with van der Waals surface area (Å²) in [7, 11) is 1.89. The SMILES string of the molecule is CN(CCCC(=O)O)CCC(=O)Nc1ccccc1. The van der Waals surface area contributed by atoms with E-state index in [1.54, 1.807) is 0 Å². The minimum atomic E-state index is -0.782. The second-order valence-corrected chi connectivity index (χ2v) is 4.46. The van der Waals surface area contributed by atoms with Crippen molar-refractivity contribution in [2.75, 3.05) is 25.5 Å². The minimum absolute atomic E-state index is 0.0312. The van der Waals surface area contributed by atoms with Crippen LogP contribution in [-0.2, 0) is 9.59 Å². The third kappa shape index (κ3) is 7.21. The van der Waals surface area contributed by atoms with Crippen molar-refractivity contribution < 1.29 is 14.7 Å². The number of carbonyl (C=O) groups excluding carboxylic acids is 1. The molecule has 0 radical (unpaired) electrons. The molecule has 2 N–H and O–H groups in total. The van der Waals surface area contributed by atoms with Gasteiger partial charge in [-0.1, -0.05) is 18.2 Å². The van der Waals surface area contributed by atoms with Gasteiger partial charge in [0.2, 0.25) is 5.91 Å². The van der Waals surface area contributed by atoms with Crippen molar-refractivity contribution in [1.29, 1.82) is 0 Å². The molecule has 0 fully saturated rings. The maximum absolute atomic E-state index is 11.7. The number of carboxylic acids is 1. The predicted octanol–water partition coefficient (Wildman–Crippen LogP) is 1.81. The van der Waals surface area contributed by atoms with Crippen LogP contribution in [0.3, 0.4) is 0 Å². The summed E-state index contributed by atoms with van der Waals surface area (Å²) >= 11 is 0. The fourth-order valence-corrected chi connectivity index (χ4v) is 1.65. The maximum atomic E-state index is 11.7. The van der Waals surface area contributed by atoms with Gasteiger partial charge in [0, 0.05) is 25.1 Å². The number of amides is 1. The van der Waals surface area contributed by atoms with E-state index in [9.17, 15) is 9.59 Å². The van der Waals surface area contributed by atoms with Gasteiger partial charge < -0.3 is 15.3 Å². The third-order valence-corrected chi connectivity index (χ3v) is 2.71. The van der Waals surface area contributed by atoms with Crippen molar-refractivity contribution in [3.8, 4) is 0 Å². The maximum Gasteiger partial charge on any atom is 0.303 e. The van der Waals surface area contributed by atoms with Crippen molar-refractivity contribution in [3.63, 3.8) is 0 Å². The van der Waals surface area contributed by atoms with E-state index in [2.05, 4.69) is 5.32 Å². The summed E-state index contributed by atoms with van der Waals surface area (Å²) in [6.07, 6.45) is 1.17. The molecule has 1 aromatic carbocycles. The lowest BCUT2D eigenvalue weighted by Crippen LogP contribution is -2.25. The van der Waals surface area contributed by atoms with Gasteiger partial charge in [0.25, 0.3) is 0 Å². The smallest absolute Gasteiger partial charge is 0.303 e. The second kappa shape index (κ2) is 8.26. The van der Waals surface area contributed by atoms with Gasteiger partial charge in [0.05, 0.1) is 0 Å². The number of aliphatic carboxylic acids is 1. The molecule has 0 saturated carbocycles. The molecule has 0 heterocycles. The van der Waals surface area contributed by atoms with E-state index in [-0.39, 0.29) is 12.3 Å². The van der Waals surface area contributed by atoms with Gasteiger partial charge in [-0.25, -0.2) is 0 Å². The number of carbonyl (C=O) groups is 2. The highest BCUT2D eigenvalue weighted by Crippen LogP contribution is 2.05. The van der Waals surface area contributed by atoms with Crippen molar-refractivity contribution in [1.82, 2.24) is 4.90 Å². The Labute approximate surface area is 113 Å². The van der Waals surface area contributed by atoms with Crippen molar-refractivity contribution in [3.05, 3.63) is 30.3 Å². The molecule has 0 saturated heterocycles. The summed E-state index contributed by atoms with van der Waals surface area (Å²) in [4.78, 5) is 24.0. The van der Waals surface area contributed by atoms with Crippen LogP contribution in [-0.4, -0.2) is 42.0 Å². The largest absolute Gasteiger partial charge is 0.481 e. The zero-order valence-electron chi connectivity index (χ0n) is 11.1. The topological polar surface area (TPSA) is 69.6 Å². The first-order valence-corrected chi connectivity index (χ1v) is 6.33. The van der Waals surface area contributed by atoms with Crippen LogP contribution >= 0.6 is 0 Å². The van der Waals surface area contributed by atoms with Crippen molar-refractivity contribution >= 4 is 17.6 Å². The first-order valence-electron chi connectivity index (χ1n) is 6.33. The Morgan fingerprint density at radius 2 is 1.84 bits per heavy atom. The van der Waals surface area contributed by atoms with Crippen LogP contribution in [0.4, 0.5) is 5.69 Å². The Morgan fingerprint density at radius 1 is 1.16 bits per heavy atom. The highest BCUT2D eigenvalue weighted by Gasteiger charge is 2.05. The average Bonchev–Trinajstić information content (AvgIpc) is 2.37. The standard InChI is InChI=1S/C14H20N2O3/c1-16(10-5-8-14(18)19)11-9-13(17)15-12-6-3-2-4-7-12/h2-4,6-7H,5,8-11H2,1H3,(H,15,17)(H,18,19). The van der Waals surface area contributed by atoms with Gasteiger partial charge >= 0.3 is 5.97 Å². The first-order chi connectivity index (χ1) is 9.08.